The van der Waals surface area contributed by atoms with Gasteiger partial charge in [-0.25, -0.2) is 0 Å². The highest BCUT2D eigenvalue weighted by molar-refractivity contribution is 6.32. The molecule has 5 heteroatoms. The number of hydrogen-bond donors (Lipinski definition) is 1. The minimum Gasteiger partial charge on any atom is -0.324 e. The summed E-state index contributed by atoms with van der Waals surface area (Å²) in [6, 6.07) is 5.67. The van der Waals surface area contributed by atoms with Gasteiger partial charge in [0.1, 0.15) is 0 Å². The van der Waals surface area contributed by atoms with Crippen molar-refractivity contribution in [1.29, 1.82) is 0 Å². The van der Waals surface area contributed by atoms with Gasteiger partial charge in [-0.2, -0.15) is 5.10 Å². The van der Waals surface area contributed by atoms with E-state index in [1.165, 1.54) is 0 Å². The number of nitrogens with zero attached hydrogens (tertiary/aromatic N) is 2. The van der Waals surface area contributed by atoms with Crippen molar-refractivity contribution in [3.05, 3.63) is 50.8 Å². The Kier molecular flexibility index (Phi) is 4.74. The Morgan fingerprint density at radius 1 is 1.30 bits per heavy atom. The van der Waals surface area contributed by atoms with Crippen LogP contribution in [0.4, 0.5) is 0 Å². The molecule has 1 aromatic carbocycles. The standard InChI is InChI=1S/C15H19Cl2N3/c1-4-20-14(15(17)10(3)19-20)8-13(18)11-6-5-7-12(16)9(11)2/h5-7,13H,4,8,18H2,1-3H3. The van der Waals surface area contributed by atoms with Crippen LogP contribution in [0.1, 0.15) is 35.5 Å². The average molecular weight is 312 g/mol. The number of aryl methyl sites for hydroxylation is 2. The Balaban J connectivity index is 2.32. The van der Waals surface area contributed by atoms with Crippen molar-refractivity contribution in [3.8, 4) is 0 Å². The lowest BCUT2D eigenvalue weighted by Gasteiger charge is -2.16. The molecule has 0 spiro atoms. The Bertz CT molecular complexity index is 620. The molecule has 0 amide bonds. The maximum atomic E-state index is 6.34. The van der Waals surface area contributed by atoms with Crippen LogP contribution in [0.25, 0.3) is 0 Å². The Labute approximate surface area is 129 Å². The molecular weight excluding hydrogens is 293 g/mol. The third-order valence-electron chi connectivity index (χ3n) is 3.58. The molecule has 0 aliphatic rings. The molecule has 0 bridgehead atoms. The van der Waals surface area contributed by atoms with Crippen LogP contribution in [-0.4, -0.2) is 9.78 Å². The van der Waals surface area contributed by atoms with Gasteiger partial charge in [-0.1, -0.05) is 35.3 Å². The SMILES string of the molecule is CCn1nc(C)c(Cl)c1CC(N)c1cccc(Cl)c1C. The summed E-state index contributed by atoms with van der Waals surface area (Å²) in [6.07, 6.45) is 0.648. The van der Waals surface area contributed by atoms with E-state index in [1.54, 1.807) is 0 Å². The highest BCUT2D eigenvalue weighted by atomic mass is 35.5. The first-order valence-corrected chi connectivity index (χ1v) is 7.43. The molecule has 20 heavy (non-hydrogen) atoms. The molecule has 2 rings (SSSR count). The second-order valence-electron chi connectivity index (χ2n) is 4.93. The topological polar surface area (TPSA) is 43.8 Å². The summed E-state index contributed by atoms with van der Waals surface area (Å²) in [7, 11) is 0. The smallest absolute Gasteiger partial charge is 0.0847 e. The molecule has 0 aliphatic carbocycles. The van der Waals surface area contributed by atoms with Crippen molar-refractivity contribution < 1.29 is 0 Å². The molecule has 0 saturated carbocycles. The van der Waals surface area contributed by atoms with E-state index in [-0.39, 0.29) is 6.04 Å². The number of nitrogens with two attached hydrogens (primary N) is 1. The zero-order valence-corrected chi connectivity index (χ0v) is 13.5. The van der Waals surface area contributed by atoms with Crippen molar-refractivity contribution in [3.63, 3.8) is 0 Å². The normalized spacial score (nSPS) is 12.7. The second kappa shape index (κ2) is 6.17. The predicted molar refractivity (Wildman–Crippen MR) is 84.5 cm³/mol. The zero-order valence-electron chi connectivity index (χ0n) is 12.0. The molecule has 1 atom stereocenters. The molecule has 0 saturated heterocycles. The van der Waals surface area contributed by atoms with Gasteiger partial charge in [-0.3, -0.25) is 4.68 Å². The molecular formula is C15H19Cl2N3. The number of hydrogen-bond acceptors (Lipinski definition) is 2. The lowest BCUT2D eigenvalue weighted by Crippen LogP contribution is -2.17. The monoisotopic (exact) mass is 311 g/mol. The van der Waals surface area contributed by atoms with E-state index in [4.69, 9.17) is 28.9 Å². The Hall–Kier alpha value is -1.03. The maximum Gasteiger partial charge on any atom is 0.0847 e. The molecule has 1 aromatic heterocycles. The van der Waals surface area contributed by atoms with E-state index in [2.05, 4.69) is 5.10 Å². The van der Waals surface area contributed by atoms with Gasteiger partial charge in [-0.05, 0) is 38.0 Å². The van der Waals surface area contributed by atoms with Crippen LogP contribution < -0.4 is 5.73 Å². The molecule has 0 aliphatic heterocycles. The van der Waals surface area contributed by atoms with Crippen LogP contribution in [0.15, 0.2) is 18.2 Å². The van der Waals surface area contributed by atoms with Gasteiger partial charge < -0.3 is 5.73 Å². The lowest BCUT2D eigenvalue weighted by molar-refractivity contribution is 0.586. The highest BCUT2D eigenvalue weighted by Gasteiger charge is 2.18. The van der Waals surface area contributed by atoms with Crippen LogP contribution in [0.3, 0.4) is 0 Å². The molecule has 2 N–H and O–H groups in total. The van der Waals surface area contributed by atoms with E-state index in [0.29, 0.717) is 11.4 Å². The fourth-order valence-electron chi connectivity index (χ4n) is 2.41. The molecule has 3 nitrogen and oxygen atoms in total. The second-order valence-corrected chi connectivity index (χ2v) is 5.71. The summed E-state index contributed by atoms with van der Waals surface area (Å²) in [6.45, 7) is 6.72. The quantitative estimate of drug-likeness (QED) is 0.925. The zero-order chi connectivity index (χ0) is 14.9. The summed E-state index contributed by atoms with van der Waals surface area (Å²) in [5, 5.41) is 5.87. The number of rotatable bonds is 4. The van der Waals surface area contributed by atoms with Crippen molar-refractivity contribution in [1.82, 2.24) is 9.78 Å². The fourth-order valence-corrected chi connectivity index (χ4v) is 2.80. The molecule has 0 fully saturated rings. The maximum absolute atomic E-state index is 6.34. The summed E-state index contributed by atoms with van der Waals surface area (Å²) in [5.74, 6) is 0. The number of aromatic nitrogens is 2. The van der Waals surface area contributed by atoms with Crippen molar-refractivity contribution >= 4 is 23.2 Å². The van der Waals surface area contributed by atoms with Crippen LogP contribution in [0, 0.1) is 13.8 Å². The average Bonchev–Trinajstić information content (AvgIpc) is 2.69. The first-order chi connectivity index (χ1) is 9.45. The fraction of sp³-hybridized carbons (Fsp3) is 0.400. The van der Waals surface area contributed by atoms with Gasteiger partial charge in [0.15, 0.2) is 0 Å². The van der Waals surface area contributed by atoms with E-state index >= 15 is 0 Å². The third-order valence-corrected chi connectivity index (χ3v) is 4.48. The largest absolute Gasteiger partial charge is 0.324 e. The molecule has 0 radical (unpaired) electrons. The van der Waals surface area contributed by atoms with Crippen LogP contribution >= 0.6 is 23.2 Å². The van der Waals surface area contributed by atoms with Crippen LogP contribution in [-0.2, 0) is 13.0 Å². The minimum atomic E-state index is -0.146. The minimum absolute atomic E-state index is 0.146. The number of halogens is 2. The summed E-state index contributed by atoms with van der Waals surface area (Å²) >= 11 is 12.5. The first-order valence-electron chi connectivity index (χ1n) is 6.68. The van der Waals surface area contributed by atoms with Gasteiger partial charge in [0, 0.05) is 24.0 Å². The van der Waals surface area contributed by atoms with E-state index in [1.807, 2.05) is 43.7 Å². The van der Waals surface area contributed by atoms with Crippen LogP contribution in [0.5, 0.6) is 0 Å². The van der Waals surface area contributed by atoms with E-state index in [9.17, 15) is 0 Å². The van der Waals surface area contributed by atoms with Crippen LogP contribution in [0.2, 0.25) is 10.0 Å². The van der Waals surface area contributed by atoms with E-state index < -0.39 is 0 Å². The lowest BCUT2D eigenvalue weighted by atomic mass is 9.98. The van der Waals surface area contributed by atoms with Crippen molar-refractivity contribution in [2.45, 2.75) is 39.8 Å². The van der Waals surface area contributed by atoms with Gasteiger partial charge in [0.2, 0.25) is 0 Å². The third kappa shape index (κ3) is 2.85. The molecule has 108 valence electrons. The van der Waals surface area contributed by atoms with Gasteiger partial charge in [0.25, 0.3) is 0 Å². The highest BCUT2D eigenvalue weighted by Crippen LogP contribution is 2.28. The predicted octanol–water partition coefficient (Wildman–Crippen LogP) is 4.07. The summed E-state index contributed by atoms with van der Waals surface area (Å²) in [5.41, 5.74) is 10.2. The molecule has 1 unspecified atom stereocenters. The Morgan fingerprint density at radius 2 is 2.00 bits per heavy atom. The van der Waals surface area contributed by atoms with Gasteiger partial charge in [-0.15, -0.1) is 0 Å². The van der Waals surface area contributed by atoms with Gasteiger partial charge in [0.05, 0.1) is 16.4 Å². The van der Waals surface area contributed by atoms with Crippen molar-refractivity contribution in [2.75, 3.05) is 0 Å². The molecule has 2 aromatic rings. The molecule has 1 heterocycles. The summed E-state index contributed by atoms with van der Waals surface area (Å²) < 4.78 is 1.91. The first kappa shape index (κ1) is 15.4. The Morgan fingerprint density at radius 3 is 2.65 bits per heavy atom. The summed E-state index contributed by atoms with van der Waals surface area (Å²) in [4.78, 5) is 0. The van der Waals surface area contributed by atoms with E-state index in [0.717, 1.165) is 34.1 Å². The number of benzene rings is 1. The van der Waals surface area contributed by atoms with Gasteiger partial charge >= 0.3 is 0 Å². The van der Waals surface area contributed by atoms with Crippen molar-refractivity contribution in [2.24, 2.45) is 5.73 Å².